The maximum absolute atomic E-state index is 13.1. The van der Waals surface area contributed by atoms with Gasteiger partial charge >= 0.3 is 0 Å². The van der Waals surface area contributed by atoms with E-state index in [0.717, 1.165) is 25.7 Å². The molecule has 0 bridgehead atoms. The summed E-state index contributed by atoms with van der Waals surface area (Å²) < 4.78 is 27.5. The molecule has 1 amide bonds. The maximum atomic E-state index is 13.1. The standard InChI is InChI=1S/C20H30N2O3S/c1-15-9-8-12-18(16(15)2)21-20(23)19-13-6-7-14-22(19)26(24,25)17-10-4-3-5-11-17/h3-5,10-11,15-16,18-19H,6-9,12-14H2,1-2H3,(H,21,23). The van der Waals surface area contributed by atoms with Crippen LogP contribution in [0.15, 0.2) is 35.2 Å². The van der Waals surface area contributed by atoms with Crippen molar-refractivity contribution in [2.24, 2.45) is 11.8 Å². The second kappa shape index (κ2) is 8.09. The molecule has 26 heavy (non-hydrogen) atoms. The first kappa shape index (κ1) is 19.4. The van der Waals surface area contributed by atoms with Gasteiger partial charge in [0, 0.05) is 12.6 Å². The lowest BCUT2D eigenvalue weighted by Gasteiger charge is -2.38. The van der Waals surface area contributed by atoms with E-state index in [2.05, 4.69) is 19.2 Å². The van der Waals surface area contributed by atoms with E-state index in [9.17, 15) is 13.2 Å². The van der Waals surface area contributed by atoms with Gasteiger partial charge in [0.1, 0.15) is 6.04 Å². The van der Waals surface area contributed by atoms with Crippen molar-refractivity contribution in [3.05, 3.63) is 30.3 Å². The molecule has 0 radical (unpaired) electrons. The molecule has 1 saturated heterocycles. The molecule has 0 aromatic heterocycles. The first-order chi connectivity index (χ1) is 12.4. The molecule has 1 aromatic rings. The summed E-state index contributed by atoms with van der Waals surface area (Å²) in [5, 5.41) is 3.18. The van der Waals surface area contributed by atoms with Gasteiger partial charge in [-0.2, -0.15) is 4.31 Å². The number of sulfonamides is 1. The molecule has 1 saturated carbocycles. The van der Waals surface area contributed by atoms with E-state index in [0.29, 0.717) is 24.8 Å². The third kappa shape index (κ3) is 3.96. The molecular weight excluding hydrogens is 348 g/mol. The van der Waals surface area contributed by atoms with Crippen molar-refractivity contribution in [1.82, 2.24) is 9.62 Å². The lowest BCUT2D eigenvalue weighted by Crippen LogP contribution is -2.55. The van der Waals surface area contributed by atoms with Crippen molar-refractivity contribution >= 4 is 15.9 Å². The topological polar surface area (TPSA) is 66.5 Å². The van der Waals surface area contributed by atoms with Crippen molar-refractivity contribution in [1.29, 1.82) is 0 Å². The fourth-order valence-corrected chi connectivity index (χ4v) is 5.92. The smallest absolute Gasteiger partial charge is 0.243 e. The largest absolute Gasteiger partial charge is 0.352 e. The SMILES string of the molecule is CC1CCCC(NC(=O)C2CCCCN2S(=O)(=O)c2ccccc2)C1C. The number of rotatable bonds is 4. The van der Waals surface area contributed by atoms with Crippen molar-refractivity contribution in [2.45, 2.75) is 69.4 Å². The molecule has 6 heteroatoms. The summed E-state index contributed by atoms with van der Waals surface area (Å²) in [5.74, 6) is 0.884. The minimum Gasteiger partial charge on any atom is -0.352 e. The molecule has 0 spiro atoms. The molecule has 4 atom stereocenters. The van der Waals surface area contributed by atoms with Gasteiger partial charge in [-0.15, -0.1) is 0 Å². The van der Waals surface area contributed by atoms with Gasteiger partial charge in [0.05, 0.1) is 4.90 Å². The monoisotopic (exact) mass is 378 g/mol. The highest BCUT2D eigenvalue weighted by atomic mass is 32.2. The van der Waals surface area contributed by atoms with E-state index in [-0.39, 0.29) is 16.8 Å². The number of carbonyl (C=O) groups is 1. The van der Waals surface area contributed by atoms with Crippen molar-refractivity contribution < 1.29 is 13.2 Å². The van der Waals surface area contributed by atoms with Crippen LogP contribution < -0.4 is 5.32 Å². The predicted octanol–water partition coefficient (Wildman–Crippen LogP) is 3.17. The Labute approximate surface area is 157 Å². The van der Waals surface area contributed by atoms with E-state index in [1.54, 1.807) is 30.3 Å². The average Bonchev–Trinajstić information content (AvgIpc) is 2.66. The fourth-order valence-electron chi connectivity index (χ4n) is 4.25. The van der Waals surface area contributed by atoms with Crippen LogP contribution in [0.5, 0.6) is 0 Å². The highest BCUT2D eigenvalue weighted by Gasteiger charge is 2.39. The Balaban J connectivity index is 1.77. The Kier molecular flexibility index (Phi) is 6.03. The lowest BCUT2D eigenvalue weighted by atomic mass is 9.78. The lowest BCUT2D eigenvalue weighted by molar-refractivity contribution is -0.127. The number of nitrogens with zero attached hydrogens (tertiary/aromatic N) is 1. The van der Waals surface area contributed by atoms with Crippen LogP contribution >= 0.6 is 0 Å². The number of amides is 1. The van der Waals surface area contributed by atoms with Gasteiger partial charge in [0.2, 0.25) is 15.9 Å². The molecule has 4 unspecified atom stereocenters. The summed E-state index contributed by atoms with van der Waals surface area (Å²) in [6.45, 7) is 4.83. The Morgan fingerprint density at radius 2 is 1.77 bits per heavy atom. The first-order valence-electron chi connectivity index (χ1n) is 9.78. The van der Waals surface area contributed by atoms with Crippen molar-refractivity contribution in [3.8, 4) is 0 Å². The third-order valence-electron chi connectivity index (χ3n) is 6.14. The van der Waals surface area contributed by atoms with Crippen LogP contribution in [-0.2, 0) is 14.8 Å². The van der Waals surface area contributed by atoms with Crippen LogP contribution in [0.1, 0.15) is 52.4 Å². The van der Waals surface area contributed by atoms with Crippen LogP contribution in [0.2, 0.25) is 0 Å². The second-order valence-corrected chi connectivity index (χ2v) is 9.71. The quantitative estimate of drug-likeness (QED) is 0.875. The first-order valence-corrected chi connectivity index (χ1v) is 11.2. The Morgan fingerprint density at radius 3 is 2.50 bits per heavy atom. The third-order valence-corrected chi connectivity index (χ3v) is 8.06. The number of benzene rings is 1. The molecule has 1 aliphatic carbocycles. The predicted molar refractivity (Wildman–Crippen MR) is 102 cm³/mol. The van der Waals surface area contributed by atoms with E-state index in [1.165, 1.54) is 10.7 Å². The number of carbonyl (C=O) groups excluding carboxylic acids is 1. The van der Waals surface area contributed by atoms with Gasteiger partial charge < -0.3 is 5.32 Å². The zero-order chi connectivity index (χ0) is 18.7. The maximum Gasteiger partial charge on any atom is 0.243 e. The second-order valence-electron chi connectivity index (χ2n) is 7.82. The van der Waals surface area contributed by atoms with Crippen molar-refractivity contribution in [2.75, 3.05) is 6.54 Å². The molecular formula is C20H30N2O3S. The highest BCUT2D eigenvalue weighted by Crippen LogP contribution is 2.30. The average molecular weight is 379 g/mol. The molecule has 1 aliphatic heterocycles. The molecule has 5 nitrogen and oxygen atoms in total. The van der Waals surface area contributed by atoms with Crippen LogP contribution in [0.4, 0.5) is 0 Å². The summed E-state index contributed by atoms with van der Waals surface area (Å²) in [5.41, 5.74) is 0. The summed E-state index contributed by atoms with van der Waals surface area (Å²) in [7, 11) is -3.65. The fraction of sp³-hybridized carbons (Fsp3) is 0.650. The molecule has 1 heterocycles. The van der Waals surface area contributed by atoms with Gasteiger partial charge in [-0.1, -0.05) is 51.3 Å². The highest BCUT2D eigenvalue weighted by molar-refractivity contribution is 7.89. The molecule has 3 rings (SSSR count). The zero-order valence-electron chi connectivity index (χ0n) is 15.7. The van der Waals surface area contributed by atoms with Crippen LogP contribution in [0.3, 0.4) is 0 Å². The van der Waals surface area contributed by atoms with E-state index in [4.69, 9.17) is 0 Å². The Morgan fingerprint density at radius 1 is 1.04 bits per heavy atom. The van der Waals surface area contributed by atoms with Crippen LogP contribution in [-0.4, -0.2) is 37.3 Å². The molecule has 2 aliphatic rings. The van der Waals surface area contributed by atoms with Crippen LogP contribution in [0, 0.1) is 11.8 Å². The summed E-state index contributed by atoms with van der Waals surface area (Å²) in [4.78, 5) is 13.3. The molecule has 2 fully saturated rings. The minimum absolute atomic E-state index is 0.129. The summed E-state index contributed by atoms with van der Waals surface area (Å²) in [6.07, 6.45) is 5.57. The number of hydrogen-bond donors (Lipinski definition) is 1. The number of piperidine rings is 1. The van der Waals surface area contributed by atoms with E-state index >= 15 is 0 Å². The van der Waals surface area contributed by atoms with Gasteiger partial charge in [-0.3, -0.25) is 4.79 Å². The van der Waals surface area contributed by atoms with Gasteiger partial charge in [-0.25, -0.2) is 8.42 Å². The Hall–Kier alpha value is -1.40. The molecule has 1 N–H and O–H groups in total. The summed E-state index contributed by atoms with van der Waals surface area (Å²) in [6, 6.07) is 7.99. The van der Waals surface area contributed by atoms with Gasteiger partial charge in [-0.05, 0) is 43.2 Å². The van der Waals surface area contributed by atoms with E-state index in [1.807, 2.05) is 0 Å². The van der Waals surface area contributed by atoms with E-state index < -0.39 is 16.1 Å². The number of nitrogens with one attached hydrogen (secondary N) is 1. The zero-order valence-corrected chi connectivity index (χ0v) is 16.5. The van der Waals surface area contributed by atoms with Crippen LogP contribution in [0.25, 0.3) is 0 Å². The molecule has 144 valence electrons. The van der Waals surface area contributed by atoms with Gasteiger partial charge in [0.25, 0.3) is 0 Å². The Bertz CT molecular complexity index is 720. The minimum atomic E-state index is -3.65. The normalized spacial score (nSPS) is 30.7. The molecule has 1 aromatic carbocycles. The number of hydrogen-bond acceptors (Lipinski definition) is 3. The van der Waals surface area contributed by atoms with Crippen molar-refractivity contribution in [3.63, 3.8) is 0 Å². The van der Waals surface area contributed by atoms with Gasteiger partial charge in [0.15, 0.2) is 0 Å². The summed E-state index contributed by atoms with van der Waals surface area (Å²) >= 11 is 0.